The Morgan fingerprint density at radius 1 is 1.38 bits per heavy atom. The lowest BCUT2D eigenvalue weighted by molar-refractivity contribution is 0.0251. The van der Waals surface area contributed by atoms with Gasteiger partial charge >= 0.3 is 6.09 Å². The van der Waals surface area contributed by atoms with Crippen LogP contribution >= 0.6 is 0 Å². The van der Waals surface area contributed by atoms with E-state index < -0.39 is 24.0 Å². The van der Waals surface area contributed by atoms with Crippen molar-refractivity contribution in [1.82, 2.24) is 4.90 Å². The number of amides is 1. The third-order valence-electron chi connectivity index (χ3n) is 2.44. The van der Waals surface area contributed by atoms with E-state index in [9.17, 15) is 14.3 Å². The summed E-state index contributed by atoms with van der Waals surface area (Å²) < 4.78 is 18.4. The molecule has 0 spiro atoms. The molecule has 0 radical (unpaired) electrons. The normalized spacial score (nSPS) is 27.4. The molecule has 0 unspecified atom stereocenters. The fourth-order valence-corrected chi connectivity index (χ4v) is 1.56. The zero-order valence-corrected chi connectivity index (χ0v) is 10.1. The van der Waals surface area contributed by atoms with E-state index in [2.05, 4.69) is 0 Å². The molecule has 0 aliphatic carbocycles. The molecule has 1 fully saturated rings. The summed E-state index contributed by atoms with van der Waals surface area (Å²) in [6.07, 6.45) is -2.21. The number of aliphatic hydroxyl groups is 1. The Morgan fingerprint density at radius 2 is 1.94 bits per heavy atom. The Labute approximate surface area is 95.4 Å². The van der Waals surface area contributed by atoms with E-state index in [1.165, 1.54) is 4.90 Å². The highest BCUT2D eigenvalue weighted by molar-refractivity contribution is 5.68. The van der Waals surface area contributed by atoms with Crippen LogP contribution in [-0.2, 0) is 4.74 Å². The molecule has 1 saturated heterocycles. The minimum absolute atomic E-state index is 0.167. The summed E-state index contributed by atoms with van der Waals surface area (Å²) in [5.41, 5.74) is -0.545. The second kappa shape index (κ2) is 4.99. The van der Waals surface area contributed by atoms with Crippen molar-refractivity contribution < 1.29 is 19.0 Å². The van der Waals surface area contributed by atoms with Crippen LogP contribution in [0.25, 0.3) is 0 Å². The monoisotopic (exact) mass is 233 g/mol. The molecule has 0 bridgehead atoms. The summed E-state index contributed by atoms with van der Waals surface area (Å²) >= 11 is 0. The first-order valence-electron chi connectivity index (χ1n) is 5.59. The molecule has 1 heterocycles. The molecule has 4 nitrogen and oxygen atoms in total. The minimum Gasteiger partial charge on any atom is -0.444 e. The van der Waals surface area contributed by atoms with Gasteiger partial charge in [-0.1, -0.05) is 0 Å². The van der Waals surface area contributed by atoms with Crippen molar-refractivity contribution in [3.63, 3.8) is 0 Å². The lowest BCUT2D eigenvalue weighted by Gasteiger charge is -2.26. The van der Waals surface area contributed by atoms with Gasteiger partial charge in [0.15, 0.2) is 0 Å². The van der Waals surface area contributed by atoms with Gasteiger partial charge in [-0.15, -0.1) is 0 Å². The highest BCUT2D eigenvalue weighted by atomic mass is 19.1. The predicted molar refractivity (Wildman–Crippen MR) is 57.9 cm³/mol. The lowest BCUT2D eigenvalue weighted by Crippen LogP contribution is -2.37. The molecule has 1 aliphatic rings. The first-order chi connectivity index (χ1) is 7.29. The van der Waals surface area contributed by atoms with Crippen molar-refractivity contribution in [2.24, 2.45) is 0 Å². The number of carbonyl (C=O) groups is 1. The van der Waals surface area contributed by atoms with E-state index in [1.807, 2.05) is 0 Å². The minimum atomic E-state index is -1.24. The average Bonchev–Trinajstić information content (AvgIpc) is 2.28. The van der Waals surface area contributed by atoms with Crippen LogP contribution in [0.15, 0.2) is 0 Å². The number of aliphatic hydroxyl groups excluding tert-OH is 1. The van der Waals surface area contributed by atoms with Crippen LogP contribution in [0.3, 0.4) is 0 Å². The number of rotatable bonds is 0. The summed E-state index contributed by atoms with van der Waals surface area (Å²) in [6.45, 7) is 6.00. The molecule has 1 aliphatic heterocycles. The molecule has 16 heavy (non-hydrogen) atoms. The van der Waals surface area contributed by atoms with E-state index in [4.69, 9.17) is 4.74 Å². The van der Waals surface area contributed by atoms with Crippen LogP contribution in [0.1, 0.15) is 33.6 Å². The zero-order chi connectivity index (χ0) is 12.3. The van der Waals surface area contributed by atoms with Crippen LogP contribution in [0.5, 0.6) is 0 Å². The fourth-order valence-electron chi connectivity index (χ4n) is 1.56. The molecule has 0 aromatic carbocycles. The van der Waals surface area contributed by atoms with E-state index in [0.29, 0.717) is 13.1 Å². The number of likely N-dealkylation sites (tertiary alicyclic amines) is 1. The quantitative estimate of drug-likeness (QED) is 0.693. The standard InChI is InChI=1S/C11H20FNO3/c1-11(2,3)16-10(15)13-6-4-8(12)9(14)5-7-13/h8-9,14H,4-7H2,1-3H3/t8-,9-/m0/s1. The van der Waals surface area contributed by atoms with E-state index in [-0.39, 0.29) is 12.8 Å². The smallest absolute Gasteiger partial charge is 0.410 e. The van der Waals surface area contributed by atoms with Crippen molar-refractivity contribution in [3.8, 4) is 0 Å². The molecule has 0 aromatic heterocycles. The molecule has 0 saturated carbocycles. The van der Waals surface area contributed by atoms with Crippen LogP contribution < -0.4 is 0 Å². The maximum atomic E-state index is 13.2. The second-order valence-electron chi connectivity index (χ2n) is 5.13. The Bertz CT molecular complexity index is 240. The average molecular weight is 233 g/mol. The number of hydrogen-bond donors (Lipinski definition) is 1. The van der Waals surface area contributed by atoms with Gasteiger partial charge in [-0.3, -0.25) is 0 Å². The molecule has 2 atom stereocenters. The summed E-state index contributed by atoms with van der Waals surface area (Å²) in [7, 11) is 0. The number of hydrogen-bond acceptors (Lipinski definition) is 3. The van der Waals surface area contributed by atoms with Gasteiger partial charge < -0.3 is 14.7 Å². The van der Waals surface area contributed by atoms with Gasteiger partial charge in [-0.05, 0) is 33.6 Å². The van der Waals surface area contributed by atoms with Crippen molar-refractivity contribution >= 4 is 6.09 Å². The molecule has 1 rings (SSSR count). The first-order valence-corrected chi connectivity index (χ1v) is 5.59. The number of nitrogens with zero attached hydrogens (tertiary/aromatic N) is 1. The number of alkyl halides is 1. The molecule has 1 N–H and O–H groups in total. The van der Waals surface area contributed by atoms with E-state index in [0.717, 1.165) is 0 Å². The van der Waals surface area contributed by atoms with Crippen molar-refractivity contribution in [2.45, 2.75) is 51.5 Å². The van der Waals surface area contributed by atoms with E-state index in [1.54, 1.807) is 20.8 Å². The van der Waals surface area contributed by atoms with Crippen molar-refractivity contribution in [3.05, 3.63) is 0 Å². The molecule has 0 aromatic rings. The second-order valence-corrected chi connectivity index (χ2v) is 5.13. The summed E-state index contributed by atoms with van der Waals surface area (Å²) in [5, 5.41) is 9.34. The predicted octanol–water partition coefficient (Wildman–Crippen LogP) is 1.72. The highest BCUT2D eigenvalue weighted by Gasteiger charge is 2.28. The Balaban J connectivity index is 2.51. The Kier molecular flexibility index (Phi) is 4.13. The van der Waals surface area contributed by atoms with Crippen molar-refractivity contribution in [2.75, 3.05) is 13.1 Å². The molecule has 94 valence electrons. The lowest BCUT2D eigenvalue weighted by atomic mass is 10.1. The maximum absolute atomic E-state index is 13.2. The van der Waals surface area contributed by atoms with Gasteiger partial charge in [0.05, 0.1) is 6.10 Å². The molecular formula is C11H20FNO3. The third-order valence-corrected chi connectivity index (χ3v) is 2.44. The molecule has 5 heteroatoms. The number of halogens is 1. The maximum Gasteiger partial charge on any atom is 0.410 e. The van der Waals surface area contributed by atoms with Crippen LogP contribution in [0.4, 0.5) is 9.18 Å². The van der Waals surface area contributed by atoms with Gasteiger partial charge in [-0.25, -0.2) is 9.18 Å². The third kappa shape index (κ3) is 3.96. The first kappa shape index (κ1) is 13.2. The summed E-state index contributed by atoms with van der Waals surface area (Å²) in [5.74, 6) is 0. The largest absolute Gasteiger partial charge is 0.444 e. The van der Waals surface area contributed by atoms with Gasteiger partial charge in [-0.2, -0.15) is 0 Å². The van der Waals surface area contributed by atoms with Gasteiger partial charge in [0, 0.05) is 13.1 Å². The topological polar surface area (TPSA) is 49.8 Å². The van der Waals surface area contributed by atoms with Crippen LogP contribution in [0.2, 0.25) is 0 Å². The van der Waals surface area contributed by atoms with Crippen molar-refractivity contribution in [1.29, 1.82) is 0 Å². The highest BCUT2D eigenvalue weighted by Crippen LogP contribution is 2.17. The summed E-state index contributed by atoms with van der Waals surface area (Å²) in [6, 6.07) is 0. The number of ether oxygens (including phenoxy) is 1. The van der Waals surface area contributed by atoms with E-state index >= 15 is 0 Å². The van der Waals surface area contributed by atoms with Crippen LogP contribution in [0, 0.1) is 0 Å². The zero-order valence-electron chi connectivity index (χ0n) is 10.1. The Morgan fingerprint density at radius 3 is 2.50 bits per heavy atom. The fraction of sp³-hybridized carbons (Fsp3) is 0.909. The van der Waals surface area contributed by atoms with Crippen LogP contribution in [-0.4, -0.2) is 47.1 Å². The van der Waals surface area contributed by atoms with Gasteiger partial charge in [0.25, 0.3) is 0 Å². The molecular weight excluding hydrogens is 213 g/mol. The SMILES string of the molecule is CC(C)(C)OC(=O)N1CC[C@H](O)[C@@H](F)CC1. The number of carbonyl (C=O) groups excluding carboxylic acids is 1. The van der Waals surface area contributed by atoms with Gasteiger partial charge in [0.2, 0.25) is 0 Å². The molecule has 1 amide bonds. The van der Waals surface area contributed by atoms with Gasteiger partial charge in [0.1, 0.15) is 11.8 Å². The summed E-state index contributed by atoms with van der Waals surface area (Å²) in [4.78, 5) is 13.1. The Hall–Kier alpha value is -0.840.